The quantitative estimate of drug-likeness (QED) is 0.642. The maximum absolute atomic E-state index is 10.3. The number of phenols is 1. The van der Waals surface area contributed by atoms with Gasteiger partial charge in [0.2, 0.25) is 0 Å². The smallest absolute Gasteiger partial charge is 0.165 e. The van der Waals surface area contributed by atoms with E-state index in [0.29, 0.717) is 29.7 Å². The van der Waals surface area contributed by atoms with E-state index in [1.165, 1.54) is 0 Å². The number of hydrogen-bond acceptors (Lipinski definition) is 5. The molecule has 0 saturated heterocycles. The molecule has 1 atom stereocenters. The zero-order valence-electron chi connectivity index (χ0n) is 14.2. The third-order valence-electron chi connectivity index (χ3n) is 4.19. The number of halogens is 1. The van der Waals surface area contributed by atoms with E-state index in [4.69, 9.17) is 17.3 Å². The highest BCUT2D eigenvalue weighted by Crippen LogP contribution is 2.34. The Morgan fingerprint density at radius 1 is 1.12 bits per heavy atom. The summed E-state index contributed by atoms with van der Waals surface area (Å²) < 4.78 is 0. The molecule has 0 bridgehead atoms. The Bertz CT molecular complexity index is 898. The normalized spacial score (nSPS) is 12.5. The van der Waals surface area contributed by atoms with Gasteiger partial charge in [-0.2, -0.15) is 0 Å². The highest BCUT2D eigenvalue weighted by Gasteiger charge is 2.15. The van der Waals surface area contributed by atoms with Crippen LogP contribution in [0.2, 0.25) is 5.02 Å². The standard InChI is InChI=1S/C19H21ClN4O/c1-11(2)15(21)10-22-18-12-6-3-4-9-16(12)23-19(24-18)13-7-5-8-14(20)17(13)25/h3-9,11,15,25H,10,21H2,1-2H3,(H,22,23,24). The van der Waals surface area contributed by atoms with E-state index in [1.54, 1.807) is 18.2 Å². The predicted molar refractivity (Wildman–Crippen MR) is 103 cm³/mol. The molecule has 4 N–H and O–H groups in total. The van der Waals surface area contributed by atoms with Crippen molar-refractivity contribution in [3.8, 4) is 17.1 Å². The maximum atomic E-state index is 10.3. The lowest BCUT2D eigenvalue weighted by Gasteiger charge is -2.18. The first kappa shape index (κ1) is 17.5. The van der Waals surface area contributed by atoms with Crippen LogP contribution in [0.25, 0.3) is 22.3 Å². The Morgan fingerprint density at radius 3 is 2.64 bits per heavy atom. The van der Waals surface area contributed by atoms with Gasteiger partial charge in [-0.25, -0.2) is 9.97 Å². The molecule has 0 radical (unpaired) electrons. The van der Waals surface area contributed by atoms with Crippen molar-refractivity contribution in [1.29, 1.82) is 0 Å². The minimum absolute atomic E-state index is 0.0109. The summed E-state index contributed by atoms with van der Waals surface area (Å²) in [7, 11) is 0. The third kappa shape index (κ3) is 3.67. The number of nitrogens with one attached hydrogen (secondary N) is 1. The Hall–Kier alpha value is -2.37. The Morgan fingerprint density at radius 2 is 1.88 bits per heavy atom. The van der Waals surface area contributed by atoms with E-state index >= 15 is 0 Å². The van der Waals surface area contributed by atoms with E-state index < -0.39 is 0 Å². The monoisotopic (exact) mass is 356 g/mol. The van der Waals surface area contributed by atoms with Crippen LogP contribution in [-0.4, -0.2) is 27.7 Å². The molecule has 3 rings (SSSR count). The summed E-state index contributed by atoms with van der Waals surface area (Å²) in [6.45, 7) is 4.76. The fourth-order valence-corrected chi connectivity index (χ4v) is 2.65. The number of nitrogens with two attached hydrogens (primary N) is 1. The van der Waals surface area contributed by atoms with Crippen LogP contribution in [0, 0.1) is 5.92 Å². The molecule has 3 aromatic rings. The summed E-state index contributed by atoms with van der Waals surface area (Å²) >= 11 is 6.02. The van der Waals surface area contributed by atoms with Gasteiger partial charge in [0, 0.05) is 18.0 Å². The second-order valence-corrected chi connectivity index (χ2v) is 6.74. The molecule has 0 aliphatic carbocycles. The fraction of sp³-hybridized carbons (Fsp3) is 0.263. The van der Waals surface area contributed by atoms with E-state index in [2.05, 4.69) is 29.1 Å². The first-order valence-corrected chi connectivity index (χ1v) is 8.59. The number of benzene rings is 2. The highest BCUT2D eigenvalue weighted by atomic mass is 35.5. The average Bonchev–Trinajstić information content (AvgIpc) is 2.61. The summed E-state index contributed by atoms with van der Waals surface area (Å²) in [6.07, 6.45) is 0. The molecule has 0 aliphatic heterocycles. The van der Waals surface area contributed by atoms with Gasteiger partial charge in [-0.3, -0.25) is 0 Å². The van der Waals surface area contributed by atoms with Gasteiger partial charge in [0.25, 0.3) is 0 Å². The molecule has 130 valence electrons. The van der Waals surface area contributed by atoms with Crippen molar-refractivity contribution in [3.63, 3.8) is 0 Å². The van der Waals surface area contributed by atoms with Crippen LogP contribution in [0.3, 0.4) is 0 Å². The van der Waals surface area contributed by atoms with Crippen molar-refractivity contribution in [2.75, 3.05) is 11.9 Å². The Kier molecular flexibility index (Phi) is 5.06. The molecule has 2 aromatic carbocycles. The van der Waals surface area contributed by atoms with Gasteiger partial charge < -0.3 is 16.2 Å². The fourth-order valence-electron chi connectivity index (χ4n) is 2.48. The summed E-state index contributed by atoms with van der Waals surface area (Å²) in [5, 5.41) is 14.8. The second-order valence-electron chi connectivity index (χ2n) is 6.34. The van der Waals surface area contributed by atoms with Crippen molar-refractivity contribution < 1.29 is 5.11 Å². The molecule has 1 unspecified atom stereocenters. The van der Waals surface area contributed by atoms with E-state index in [-0.39, 0.29) is 16.8 Å². The number of rotatable bonds is 5. The number of nitrogens with zero attached hydrogens (tertiary/aromatic N) is 2. The highest BCUT2D eigenvalue weighted by molar-refractivity contribution is 6.32. The van der Waals surface area contributed by atoms with Gasteiger partial charge in [0.05, 0.1) is 16.1 Å². The number of fused-ring (bicyclic) bond motifs is 1. The van der Waals surface area contributed by atoms with E-state index in [9.17, 15) is 5.11 Å². The second kappa shape index (κ2) is 7.25. The number of para-hydroxylation sites is 2. The molecule has 0 saturated carbocycles. The van der Waals surface area contributed by atoms with Gasteiger partial charge in [-0.15, -0.1) is 0 Å². The molecule has 6 heteroatoms. The zero-order valence-corrected chi connectivity index (χ0v) is 15.0. The van der Waals surface area contributed by atoms with Gasteiger partial charge in [-0.1, -0.05) is 43.6 Å². The maximum Gasteiger partial charge on any atom is 0.165 e. The minimum atomic E-state index is -0.0238. The van der Waals surface area contributed by atoms with Crippen LogP contribution < -0.4 is 11.1 Å². The van der Waals surface area contributed by atoms with Crippen LogP contribution in [0.5, 0.6) is 5.75 Å². The number of anilines is 1. The van der Waals surface area contributed by atoms with Crippen LogP contribution in [0.4, 0.5) is 5.82 Å². The van der Waals surface area contributed by atoms with Crippen LogP contribution in [-0.2, 0) is 0 Å². The SMILES string of the molecule is CC(C)C(N)CNc1nc(-c2cccc(Cl)c2O)nc2ccccc12. The molecule has 5 nitrogen and oxygen atoms in total. The first-order chi connectivity index (χ1) is 12.0. The Balaban J connectivity index is 2.07. The summed E-state index contributed by atoms with van der Waals surface area (Å²) in [6, 6.07) is 12.9. The molecule has 1 heterocycles. The third-order valence-corrected chi connectivity index (χ3v) is 4.50. The first-order valence-electron chi connectivity index (χ1n) is 8.21. The van der Waals surface area contributed by atoms with Crippen LogP contribution in [0.1, 0.15) is 13.8 Å². The lowest BCUT2D eigenvalue weighted by atomic mass is 10.1. The lowest BCUT2D eigenvalue weighted by molar-refractivity contribution is 0.477. The summed E-state index contributed by atoms with van der Waals surface area (Å²) in [4.78, 5) is 9.18. The molecule has 0 aliphatic rings. The molecule has 0 amide bonds. The van der Waals surface area contributed by atoms with Gasteiger partial charge >= 0.3 is 0 Å². The van der Waals surface area contributed by atoms with Gasteiger partial charge in [0.15, 0.2) is 5.82 Å². The summed E-state index contributed by atoms with van der Waals surface area (Å²) in [5.41, 5.74) is 7.42. The number of hydrogen-bond donors (Lipinski definition) is 3. The molecule has 0 spiro atoms. The molecule has 1 aromatic heterocycles. The van der Waals surface area contributed by atoms with Crippen molar-refractivity contribution in [2.24, 2.45) is 11.7 Å². The average molecular weight is 357 g/mol. The van der Waals surface area contributed by atoms with Crippen molar-refractivity contribution in [3.05, 3.63) is 47.5 Å². The molecule has 25 heavy (non-hydrogen) atoms. The topological polar surface area (TPSA) is 84.1 Å². The van der Waals surface area contributed by atoms with Gasteiger partial charge in [0.1, 0.15) is 11.6 Å². The van der Waals surface area contributed by atoms with E-state index in [0.717, 1.165) is 10.9 Å². The zero-order chi connectivity index (χ0) is 18.0. The summed E-state index contributed by atoms with van der Waals surface area (Å²) in [5.74, 6) is 1.44. The minimum Gasteiger partial charge on any atom is -0.506 e. The molecular formula is C19H21ClN4O. The predicted octanol–water partition coefficient (Wildman–Crippen LogP) is 4.05. The van der Waals surface area contributed by atoms with Crippen LogP contribution >= 0.6 is 11.6 Å². The number of aromatic nitrogens is 2. The Labute approximate surface area is 151 Å². The molecule has 0 fully saturated rings. The lowest BCUT2D eigenvalue weighted by Crippen LogP contribution is -2.34. The molecular weight excluding hydrogens is 336 g/mol. The van der Waals surface area contributed by atoms with Crippen molar-refractivity contribution >= 4 is 28.3 Å². The van der Waals surface area contributed by atoms with Crippen molar-refractivity contribution in [2.45, 2.75) is 19.9 Å². The van der Waals surface area contributed by atoms with Crippen molar-refractivity contribution in [1.82, 2.24) is 9.97 Å². The number of phenolic OH excluding ortho intramolecular Hbond substituents is 1. The van der Waals surface area contributed by atoms with E-state index in [1.807, 2.05) is 24.3 Å². The van der Waals surface area contributed by atoms with Crippen LogP contribution in [0.15, 0.2) is 42.5 Å². The van der Waals surface area contributed by atoms with Gasteiger partial charge in [-0.05, 0) is 30.2 Å². The number of aromatic hydroxyl groups is 1. The largest absolute Gasteiger partial charge is 0.506 e.